The van der Waals surface area contributed by atoms with Gasteiger partial charge in [0.2, 0.25) is 0 Å². The first-order valence-corrected chi connectivity index (χ1v) is 5.46. The molecule has 0 spiro atoms. The second kappa shape index (κ2) is 5.98. The third kappa shape index (κ3) is 2.96. The Balaban J connectivity index is 0.00000144. The molecule has 0 aromatic heterocycles. The zero-order chi connectivity index (χ0) is 11.5. The SMILES string of the molecule is C[C@@H]1CNCCN1C(=O)c1ccccc1F.Cl. The Kier molecular flexibility index (Phi) is 4.90. The van der Waals surface area contributed by atoms with E-state index < -0.39 is 5.82 Å². The van der Waals surface area contributed by atoms with Gasteiger partial charge < -0.3 is 10.2 Å². The predicted molar refractivity (Wildman–Crippen MR) is 67.0 cm³/mol. The molecule has 0 bridgehead atoms. The number of nitrogens with one attached hydrogen (secondary N) is 1. The lowest BCUT2D eigenvalue weighted by Gasteiger charge is -2.34. The Hall–Kier alpha value is -1.13. The van der Waals surface area contributed by atoms with Gasteiger partial charge >= 0.3 is 0 Å². The number of amides is 1. The first-order valence-electron chi connectivity index (χ1n) is 5.46. The molecular formula is C12H16ClFN2O. The largest absolute Gasteiger partial charge is 0.333 e. The highest BCUT2D eigenvalue weighted by Gasteiger charge is 2.25. The Morgan fingerprint density at radius 1 is 1.47 bits per heavy atom. The van der Waals surface area contributed by atoms with Gasteiger partial charge in [0.25, 0.3) is 5.91 Å². The lowest BCUT2D eigenvalue weighted by molar-refractivity contribution is 0.0651. The highest BCUT2D eigenvalue weighted by molar-refractivity contribution is 5.94. The summed E-state index contributed by atoms with van der Waals surface area (Å²) in [5.74, 6) is -0.662. The normalized spacial score (nSPS) is 19.6. The Morgan fingerprint density at radius 2 is 2.18 bits per heavy atom. The van der Waals surface area contributed by atoms with Crippen molar-refractivity contribution in [3.05, 3.63) is 35.6 Å². The maximum atomic E-state index is 13.5. The summed E-state index contributed by atoms with van der Waals surface area (Å²) in [5.41, 5.74) is 0.163. The molecule has 1 aliphatic rings. The molecule has 1 amide bonds. The highest BCUT2D eigenvalue weighted by Crippen LogP contribution is 2.13. The molecule has 0 saturated carbocycles. The standard InChI is InChI=1S/C12H15FN2O.ClH/c1-9-8-14-6-7-15(9)12(16)10-4-2-3-5-11(10)13;/h2-5,9,14H,6-8H2,1H3;1H/t9-;/m1./s1. The first-order chi connectivity index (χ1) is 7.70. The van der Waals surface area contributed by atoms with Gasteiger partial charge in [-0.1, -0.05) is 12.1 Å². The maximum absolute atomic E-state index is 13.5. The van der Waals surface area contributed by atoms with Gasteiger partial charge in [-0.15, -0.1) is 12.4 Å². The van der Waals surface area contributed by atoms with Crippen LogP contribution in [0.15, 0.2) is 24.3 Å². The molecule has 1 fully saturated rings. The zero-order valence-electron chi connectivity index (χ0n) is 9.65. The van der Waals surface area contributed by atoms with Gasteiger partial charge in [0.15, 0.2) is 0 Å². The lowest BCUT2D eigenvalue weighted by atomic mass is 10.1. The summed E-state index contributed by atoms with van der Waals surface area (Å²) < 4.78 is 13.5. The smallest absolute Gasteiger partial charge is 0.257 e. The van der Waals surface area contributed by atoms with Crippen LogP contribution in [0.3, 0.4) is 0 Å². The van der Waals surface area contributed by atoms with E-state index in [1.54, 1.807) is 17.0 Å². The second-order valence-electron chi connectivity index (χ2n) is 4.03. The van der Waals surface area contributed by atoms with Gasteiger partial charge in [0.05, 0.1) is 5.56 Å². The van der Waals surface area contributed by atoms with Crippen LogP contribution in [0.2, 0.25) is 0 Å². The fourth-order valence-corrected chi connectivity index (χ4v) is 1.93. The minimum absolute atomic E-state index is 0. The van der Waals surface area contributed by atoms with Gasteiger partial charge in [0.1, 0.15) is 5.82 Å². The summed E-state index contributed by atoms with van der Waals surface area (Å²) in [6.45, 7) is 4.13. The molecule has 1 N–H and O–H groups in total. The van der Waals surface area contributed by atoms with Crippen LogP contribution in [0.5, 0.6) is 0 Å². The van der Waals surface area contributed by atoms with Crippen LogP contribution >= 0.6 is 12.4 Å². The zero-order valence-corrected chi connectivity index (χ0v) is 10.5. The Morgan fingerprint density at radius 3 is 2.82 bits per heavy atom. The van der Waals surface area contributed by atoms with Crippen molar-refractivity contribution in [3.8, 4) is 0 Å². The molecule has 1 saturated heterocycles. The third-order valence-corrected chi connectivity index (χ3v) is 2.87. The fourth-order valence-electron chi connectivity index (χ4n) is 1.93. The van der Waals surface area contributed by atoms with Crippen molar-refractivity contribution in [1.82, 2.24) is 10.2 Å². The molecule has 1 aliphatic heterocycles. The van der Waals surface area contributed by atoms with E-state index in [1.165, 1.54) is 12.1 Å². The minimum Gasteiger partial charge on any atom is -0.333 e. The van der Waals surface area contributed by atoms with E-state index in [9.17, 15) is 9.18 Å². The molecule has 1 atom stereocenters. The number of benzene rings is 1. The van der Waals surface area contributed by atoms with Crippen LogP contribution in [0.25, 0.3) is 0 Å². The van der Waals surface area contributed by atoms with E-state index in [2.05, 4.69) is 5.32 Å². The molecule has 17 heavy (non-hydrogen) atoms. The second-order valence-corrected chi connectivity index (χ2v) is 4.03. The number of carbonyl (C=O) groups excluding carboxylic acids is 1. The van der Waals surface area contributed by atoms with E-state index in [-0.39, 0.29) is 29.9 Å². The van der Waals surface area contributed by atoms with E-state index in [0.717, 1.165) is 13.1 Å². The number of carbonyl (C=O) groups is 1. The quantitative estimate of drug-likeness (QED) is 0.831. The van der Waals surface area contributed by atoms with E-state index in [4.69, 9.17) is 0 Å². The van der Waals surface area contributed by atoms with Crippen molar-refractivity contribution in [3.63, 3.8) is 0 Å². The number of rotatable bonds is 1. The molecule has 1 aromatic carbocycles. The molecule has 0 radical (unpaired) electrons. The molecule has 3 nitrogen and oxygen atoms in total. The summed E-state index contributed by atoms with van der Waals surface area (Å²) >= 11 is 0. The third-order valence-electron chi connectivity index (χ3n) is 2.87. The average Bonchev–Trinajstić information content (AvgIpc) is 2.29. The molecule has 1 heterocycles. The maximum Gasteiger partial charge on any atom is 0.257 e. The monoisotopic (exact) mass is 258 g/mol. The summed E-state index contributed by atoms with van der Waals surface area (Å²) in [4.78, 5) is 13.8. The van der Waals surface area contributed by atoms with Crippen LogP contribution in [0.1, 0.15) is 17.3 Å². The lowest BCUT2D eigenvalue weighted by Crippen LogP contribution is -2.52. The van der Waals surface area contributed by atoms with Crippen molar-refractivity contribution in [2.75, 3.05) is 19.6 Å². The van der Waals surface area contributed by atoms with Crippen molar-refractivity contribution in [2.45, 2.75) is 13.0 Å². The molecule has 1 aromatic rings. The molecule has 0 aliphatic carbocycles. The number of hydrogen-bond acceptors (Lipinski definition) is 2. The van der Waals surface area contributed by atoms with Gasteiger partial charge in [-0.05, 0) is 19.1 Å². The molecule has 2 rings (SSSR count). The van der Waals surface area contributed by atoms with Crippen molar-refractivity contribution in [2.24, 2.45) is 0 Å². The summed E-state index contributed by atoms with van der Waals surface area (Å²) in [5, 5.41) is 3.20. The summed E-state index contributed by atoms with van der Waals surface area (Å²) in [6.07, 6.45) is 0. The van der Waals surface area contributed by atoms with Crippen LogP contribution in [-0.2, 0) is 0 Å². The summed E-state index contributed by atoms with van der Waals surface area (Å²) in [7, 11) is 0. The number of halogens is 2. The van der Waals surface area contributed by atoms with E-state index >= 15 is 0 Å². The molecular weight excluding hydrogens is 243 g/mol. The Labute approximate surface area is 106 Å². The molecule has 94 valence electrons. The fraction of sp³-hybridized carbons (Fsp3) is 0.417. The van der Waals surface area contributed by atoms with Crippen molar-refractivity contribution < 1.29 is 9.18 Å². The summed E-state index contributed by atoms with van der Waals surface area (Å²) in [6, 6.07) is 6.24. The Bertz CT molecular complexity index is 400. The van der Waals surface area contributed by atoms with Gasteiger partial charge in [-0.25, -0.2) is 4.39 Å². The van der Waals surface area contributed by atoms with Crippen LogP contribution in [0, 0.1) is 5.82 Å². The van der Waals surface area contributed by atoms with Gasteiger partial charge in [0, 0.05) is 25.7 Å². The topological polar surface area (TPSA) is 32.3 Å². The van der Waals surface area contributed by atoms with Crippen molar-refractivity contribution in [1.29, 1.82) is 0 Å². The predicted octanol–water partition coefficient (Wildman–Crippen LogP) is 1.68. The van der Waals surface area contributed by atoms with Gasteiger partial charge in [-0.2, -0.15) is 0 Å². The molecule has 0 unspecified atom stereocenters. The molecule has 5 heteroatoms. The van der Waals surface area contributed by atoms with E-state index in [0.29, 0.717) is 6.54 Å². The average molecular weight is 259 g/mol. The van der Waals surface area contributed by atoms with Crippen LogP contribution in [-0.4, -0.2) is 36.5 Å². The minimum atomic E-state index is -0.446. The van der Waals surface area contributed by atoms with Crippen LogP contribution < -0.4 is 5.32 Å². The van der Waals surface area contributed by atoms with Crippen molar-refractivity contribution >= 4 is 18.3 Å². The number of hydrogen-bond donors (Lipinski definition) is 1. The van der Waals surface area contributed by atoms with Crippen LogP contribution in [0.4, 0.5) is 4.39 Å². The first kappa shape index (κ1) is 13.9. The van der Waals surface area contributed by atoms with E-state index in [1.807, 2.05) is 6.92 Å². The highest BCUT2D eigenvalue weighted by atomic mass is 35.5. The number of piperazine rings is 1. The van der Waals surface area contributed by atoms with Gasteiger partial charge in [-0.3, -0.25) is 4.79 Å². The number of nitrogens with zero attached hydrogens (tertiary/aromatic N) is 1.